The minimum absolute atomic E-state index is 0.0229. The third kappa shape index (κ3) is 6.33. The summed E-state index contributed by atoms with van der Waals surface area (Å²) in [5, 5.41) is 15.0. The molecular formula is C20H28F3N3O4. The van der Waals surface area contributed by atoms with Crippen LogP contribution in [-0.4, -0.2) is 66.9 Å². The lowest BCUT2D eigenvalue weighted by molar-refractivity contribution is -0.142. The van der Waals surface area contributed by atoms with Gasteiger partial charge in [0.15, 0.2) is 0 Å². The fraction of sp³-hybridized carbons (Fsp3) is 0.600. The number of nitrogens with one attached hydrogen (secondary N) is 2. The highest BCUT2D eigenvalue weighted by Gasteiger charge is 2.33. The summed E-state index contributed by atoms with van der Waals surface area (Å²) >= 11 is 0. The Bertz CT molecular complexity index is 757. The molecule has 1 aromatic rings. The van der Waals surface area contributed by atoms with Gasteiger partial charge in [-0.2, -0.15) is 13.2 Å². The molecule has 1 aromatic carbocycles. The van der Waals surface area contributed by atoms with E-state index in [0.29, 0.717) is 18.8 Å². The molecule has 3 atom stereocenters. The van der Waals surface area contributed by atoms with Gasteiger partial charge in [-0.3, -0.25) is 9.59 Å². The van der Waals surface area contributed by atoms with Crippen LogP contribution < -0.4 is 15.4 Å². The maximum Gasteiger partial charge on any atom is 0.389 e. The van der Waals surface area contributed by atoms with Crippen LogP contribution in [-0.2, 0) is 4.79 Å². The van der Waals surface area contributed by atoms with E-state index in [0.717, 1.165) is 0 Å². The first-order valence-corrected chi connectivity index (χ1v) is 9.79. The number of rotatable bonds is 7. The number of carbonyl (C=O) groups is 2. The van der Waals surface area contributed by atoms with Gasteiger partial charge in [0.1, 0.15) is 11.9 Å². The summed E-state index contributed by atoms with van der Waals surface area (Å²) in [5.41, 5.74) is 0.380. The van der Waals surface area contributed by atoms with Crippen LogP contribution in [0.2, 0.25) is 0 Å². The van der Waals surface area contributed by atoms with Crippen molar-refractivity contribution in [2.45, 2.75) is 45.0 Å². The van der Waals surface area contributed by atoms with Crippen molar-refractivity contribution >= 4 is 17.5 Å². The molecule has 0 fully saturated rings. The first-order chi connectivity index (χ1) is 14.1. The Kier molecular flexibility index (Phi) is 8.08. The van der Waals surface area contributed by atoms with Crippen LogP contribution in [0.4, 0.5) is 18.9 Å². The topological polar surface area (TPSA) is 90.9 Å². The predicted molar refractivity (Wildman–Crippen MR) is 105 cm³/mol. The smallest absolute Gasteiger partial charge is 0.389 e. The summed E-state index contributed by atoms with van der Waals surface area (Å²) in [7, 11) is 1.79. The van der Waals surface area contributed by atoms with Gasteiger partial charge in [-0.05, 0) is 32.2 Å². The number of likely N-dealkylation sites (N-methyl/N-ethyl adjacent to an activating group) is 1. The van der Waals surface area contributed by atoms with E-state index in [1.807, 2.05) is 6.92 Å². The summed E-state index contributed by atoms with van der Waals surface area (Å²) in [6.45, 7) is 4.34. The van der Waals surface area contributed by atoms with Gasteiger partial charge in [-0.25, -0.2) is 0 Å². The number of carbonyl (C=O) groups excluding carboxylic acids is 2. The summed E-state index contributed by atoms with van der Waals surface area (Å²) in [5.74, 6) is -0.887. The minimum atomic E-state index is -4.42. The Labute approximate surface area is 173 Å². The Balaban J connectivity index is 2.32. The lowest BCUT2D eigenvalue weighted by Gasteiger charge is -2.37. The molecule has 0 aromatic heterocycles. The molecule has 0 saturated carbocycles. The maximum atomic E-state index is 13.2. The van der Waals surface area contributed by atoms with E-state index in [2.05, 4.69) is 10.6 Å². The van der Waals surface area contributed by atoms with E-state index in [1.54, 1.807) is 18.9 Å². The van der Waals surface area contributed by atoms with Crippen molar-refractivity contribution in [2.24, 2.45) is 5.92 Å². The molecule has 1 heterocycles. The third-order valence-corrected chi connectivity index (χ3v) is 4.99. The molecule has 2 amide bonds. The normalized spacial score (nSPS) is 20.6. The highest BCUT2D eigenvalue weighted by molar-refractivity contribution is 5.99. The van der Waals surface area contributed by atoms with Crippen LogP contribution in [0, 0.1) is 5.92 Å². The van der Waals surface area contributed by atoms with Gasteiger partial charge in [-0.1, -0.05) is 6.92 Å². The molecule has 10 heteroatoms. The maximum absolute atomic E-state index is 13.2. The highest BCUT2D eigenvalue weighted by Crippen LogP contribution is 2.30. The molecule has 0 saturated heterocycles. The second-order valence-electron chi connectivity index (χ2n) is 7.55. The number of alkyl halides is 3. The average Bonchev–Trinajstić information content (AvgIpc) is 2.68. The van der Waals surface area contributed by atoms with Crippen LogP contribution in [0.25, 0.3) is 0 Å². The average molecular weight is 431 g/mol. The van der Waals surface area contributed by atoms with Gasteiger partial charge < -0.3 is 25.4 Å². The van der Waals surface area contributed by atoms with Crippen molar-refractivity contribution in [2.75, 3.05) is 32.1 Å². The van der Waals surface area contributed by atoms with Crippen molar-refractivity contribution < 1.29 is 32.6 Å². The van der Waals surface area contributed by atoms with Crippen LogP contribution >= 0.6 is 0 Å². The second kappa shape index (κ2) is 10.1. The molecule has 1 aliphatic heterocycles. The Morgan fingerprint density at radius 2 is 2.10 bits per heavy atom. The van der Waals surface area contributed by atoms with Crippen molar-refractivity contribution in [1.29, 1.82) is 0 Å². The first kappa shape index (κ1) is 23.9. The van der Waals surface area contributed by atoms with Crippen molar-refractivity contribution in [3.8, 4) is 5.75 Å². The fourth-order valence-corrected chi connectivity index (χ4v) is 3.22. The number of hydrogen-bond acceptors (Lipinski definition) is 5. The highest BCUT2D eigenvalue weighted by atomic mass is 19.4. The van der Waals surface area contributed by atoms with Crippen molar-refractivity contribution in [3.63, 3.8) is 0 Å². The van der Waals surface area contributed by atoms with Gasteiger partial charge in [-0.15, -0.1) is 0 Å². The van der Waals surface area contributed by atoms with Gasteiger partial charge in [0.2, 0.25) is 5.91 Å². The molecule has 30 heavy (non-hydrogen) atoms. The van der Waals surface area contributed by atoms with Crippen LogP contribution in [0.3, 0.4) is 0 Å². The van der Waals surface area contributed by atoms with Gasteiger partial charge >= 0.3 is 6.18 Å². The van der Waals surface area contributed by atoms with Gasteiger partial charge in [0, 0.05) is 31.1 Å². The minimum Gasteiger partial charge on any atom is -0.488 e. The van der Waals surface area contributed by atoms with Crippen molar-refractivity contribution in [3.05, 3.63) is 23.8 Å². The fourth-order valence-electron chi connectivity index (χ4n) is 3.22. The summed E-state index contributed by atoms with van der Waals surface area (Å²) in [6, 6.07) is 3.97. The number of amides is 2. The number of hydrogen-bond donors (Lipinski definition) is 3. The van der Waals surface area contributed by atoms with E-state index in [4.69, 9.17) is 4.74 Å². The summed E-state index contributed by atoms with van der Waals surface area (Å²) in [4.78, 5) is 26.6. The number of benzene rings is 1. The van der Waals surface area contributed by atoms with E-state index in [9.17, 15) is 27.9 Å². The lowest BCUT2D eigenvalue weighted by Crippen LogP contribution is -2.49. The quantitative estimate of drug-likeness (QED) is 0.617. The summed E-state index contributed by atoms with van der Waals surface area (Å²) in [6.07, 6.45) is -6.60. The predicted octanol–water partition coefficient (Wildman–Crippen LogP) is 2.41. The van der Waals surface area contributed by atoms with Crippen LogP contribution in [0.5, 0.6) is 5.75 Å². The molecule has 168 valence electrons. The first-order valence-electron chi connectivity index (χ1n) is 9.79. The van der Waals surface area contributed by atoms with Gasteiger partial charge in [0.25, 0.3) is 5.91 Å². The molecule has 7 nitrogen and oxygen atoms in total. The lowest BCUT2D eigenvalue weighted by atomic mass is 9.99. The number of ether oxygens (including phenoxy) is 1. The Hall–Kier alpha value is -2.33. The zero-order valence-electron chi connectivity index (χ0n) is 17.3. The number of nitrogens with zero attached hydrogens (tertiary/aromatic N) is 1. The number of aliphatic hydroxyl groups excluding tert-OH is 1. The molecule has 0 spiro atoms. The van der Waals surface area contributed by atoms with Crippen molar-refractivity contribution in [1.82, 2.24) is 10.2 Å². The zero-order chi connectivity index (χ0) is 22.5. The molecule has 2 rings (SSSR count). The monoisotopic (exact) mass is 431 g/mol. The molecular weight excluding hydrogens is 403 g/mol. The number of aliphatic hydroxyl groups is 1. The third-order valence-electron chi connectivity index (χ3n) is 4.99. The zero-order valence-corrected chi connectivity index (χ0v) is 17.3. The number of halogens is 3. The molecule has 0 bridgehead atoms. The standard InChI is InChI=1S/C20H28F3N3O4/c1-12-10-26(13(2)11-27)19(29)15-8-14(25-18(28)6-7-20(21,22)23)4-5-16(15)30-17(12)9-24-3/h4-5,8,12-13,17,24,27H,6-7,9-11H2,1-3H3,(H,25,28)/t12-,13-,17-/m0/s1. The van der Waals surface area contributed by atoms with Gasteiger partial charge in [0.05, 0.1) is 24.6 Å². The van der Waals surface area contributed by atoms with E-state index in [1.165, 1.54) is 18.2 Å². The molecule has 3 N–H and O–H groups in total. The SMILES string of the molecule is CNC[C@@H]1Oc2ccc(NC(=O)CCC(F)(F)F)cc2C(=O)N([C@@H](C)CO)C[C@@H]1C. The molecule has 0 aliphatic carbocycles. The number of anilines is 1. The van der Waals surface area contributed by atoms with Crippen LogP contribution in [0.15, 0.2) is 18.2 Å². The van der Waals surface area contributed by atoms with E-state index < -0.39 is 31.0 Å². The molecule has 0 radical (unpaired) electrons. The second-order valence-corrected chi connectivity index (χ2v) is 7.55. The number of fused-ring (bicyclic) bond motifs is 1. The Morgan fingerprint density at radius 1 is 1.40 bits per heavy atom. The summed E-state index contributed by atoms with van der Waals surface area (Å²) < 4.78 is 43.0. The van der Waals surface area contributed by atoms with Crippen LogP contribution in [0.1, 0.15) is 37.0 Å². The largest absolute Gasteiger partial charge is 0.488 e. The van der Waals surface area contributed by atoms with E-state index in [-0.39, 0.29) is 35.8 Å². The van der Waals surface area contributed by atoms with E-state index >= 15 is 0 Å². The molecule has 0 unspecified atom stereocenters. The molecule has 1 aliphatic rings. The Morgan fingerprint density at radius 3 is 2.70 bits per heavy atom.